The molecule has 1 unspecified atom stereocenters. The van der Waals surface area contributed by atoms with Gasteiger partial charge in [0.05, 0.1) is 18.5 Å². The number of methoxy groups -OCH3 is 1. The smallest absolute Gasteiger partial charge is 0.320 e. The zero-order valence-electron chi connectivity index (χ0n) is 11.9. The largest absolute Gasteiger partial charge is 0.497 e. The van der Waals surface area contributed by atoms with Crippen LogP contribution in [0.3, 0.4) is 0 Å². The van der Waals surface area contributed by atoms with Gasteiger partial charge < -0.3 is 15.6 Å². The van der Waals surface area contributed by atoms with Gasteiger partial charge in [-0.15, -0.1) is 11.3 Å². The van der Waals surface area contributed by atoms with Crippen LogP contribution in [0.15, 0.2) is 35.8 Å². The lowest BCUT2D eigenvalue weighted by atomic mass is 10.1. The highest BCUT2D eigenvalue weighted by Crippen LogP contribution is 2.29. The maximum Gasteiger partial charge on any atom is 0.320 e. The number of carbonyl (C=O) groups is 1. The molecule has 0 aliphatic rings. The summed E-state index contributed by atoms with van der Waals surface area (Å²) in [5, 5.41) is 11.0. The molecule has 3 N–H and O–H groups in total. The Hall–Kier alpha value is -2.38. The molecule has 0 saturated carbocycles. The molecule has 1 aromatic carbocycles. The third kappa shape index (κ3) is 2.56. The van der Waals surface area contributed by atoms with Crippen molar-refractivity contribution in [2.75, 3.05) is 7.11 Å². The second kappa shape index (κ2) is 5.78. The first-order valence-electron chi connectivity index (χ1n) is 6.67. The number of carboxylic acids is 1. The third-order valence-electron chi connectivity index (χ3n) is 3.43. The van der Waals surface area contributed by atoms with Crippen LogP contribution in [0, 0.1) is 0 Å². The zero-order chi connectivity index (χ0) is 15.7. The van der Waals surface area contributed by atoms with Gasteiger partial charge in [0.2, 0.25) is 0 Å². The number of aliphatic carboxylic acids is 1. The number of hydrogen-bond donors (Lipinski definition) is 2. The van der Waals surface area contributed by atoms with E-state index in [1.165, 1.54) is 11.3 Å². The highest BCUT2D eigenvalue weighted by molar-refractivity contribution is 7.15. The van der Waals surface area contributed by atoms with Crippen LogP contribution in [-0.4, -0.2) is 33.6 Å². The molecule has 0 aliphatic carbocycles. The first kappa shape index (κ1) is 14.6. The molecule has 2 aromatic heterocycles. The lowest BCUT2D eigenvalue weighted by Crippen LogP contribution is -2.32. The molecule has 0 fully saturated rings. The van der Waals surface area contributed by atoms with Crippen molar-refractivity contribution in [3.63, 3.8) is 0 Å². The molecular weight excluding hydrogens is 302 g/mol. The Morgan fingerprint density at radius 2 is 2.36 bits per heavy atom. The van der Waals surface area contributed by atoms with Crippen molar-refractivity contribution in [2.24, 2.45) is 5.73 Å². The first-order valence-corrected chi connectivity index (χ1v) is 7.55. The highest BCUT2D eigenvalue weighted by atomic mass is 32.1. The molecule has 22 heavy (non-hydrogen) atoms. The molecule has 3 rings (SSSR count). The number of aromatic nitrogens is 2. The van der Waals surface area contributed by atoms with E-state index in [1.807, 2.05) is 40.2 Å². The van der Waals surface area contributed by atoms with Crippen LogP contribution in [0.1, 0.15) is 5.69 Å². The van der Waals surface area contributed by atoms with Crippen molar-refractivity contribution in [3.8, 4) is 17.0 Å². The van der Waals surface area contributed by atoms with Gasteiger partial charge in [0.15, 0.2) is 4.96 Å². The van der Waals surface area contributed by atoms with Crippen LogP contribution >= 0.6 is 11.3 Å². The van der Waals surface area contributed by atoms with Crippen LogP contribution in [0.5, 0.6) is 5.75 Å². The molecule has 6 nitrogen and oxygen atoms in total. The van der Waals surface area contributed by atoms with Gasteiger partial charge in [0.1, 0.15) is 11.8 Å². The molecule has 0 aliphatic heterocycles. The van der Waals surface area contributed by atoms with E-state index in [0.29, 0.717) is 0 Å². The lowest BCUT2D eigenvalue weighted by Gasteiger charge is -2.09. The number of benzene rings is 1. The summed E-state index contributed by atoms with van der Waals surface area (Å²) in [5.74, 6) is -0.302. The Kier molecular flexibility index (Phi) is 3.82. The van der Waals surface area contributed by atoms with E-state index < -0.39 is 12.0 Å². The summed E-state index contributed by atoms with van der Waals surface area (Å²) in [6.45, 7) is 0. The number of ether oxygens (including phenoxy) is 1. The topological polar surface area (TPSA) is 89.9 Å². The summed E-state index contributed by atoms with van der Waals surface area (Å²) in [5.41, 5.74) is 8.12. The number of nitrogens with zero attached hydrogens (tertiary/aromatic N) is 2. The van der Waals surface area contributed by atoms with E-state index in [9.17, 15) is 4.79 Å². The minimum atomic E-state index is -1.03. The molecule has 0 saturated heterocycles. The average Bonchev–Trinajstić information content (AvgIpc) is 3.09. The van der Waals surface area contributed by atoms with Gasteiger partial charge in [-0.25, -0.2) is 4.98 Å². The molecule has 0 bridgehead atoms. The van der Waals surface area contributed by atoms with E-state index >= 15 is 0 Å². The molecule has 0 amide bonds. The van der Waals surface area contributed by atoms with Crippen LogP contribution in [0.25, 0.3) is 16.2 Å². The summed E-state index contributed by atoms with van der Waals surface area (Å²) in [4.78, 5) is 16.5. The maximum absolute atomic E-state index is 11.1. The molecule has 3 aromatic rings. The van der Waals surface area contributed by atoms with Crippen LogP contribution in [-0.2, 0) is 11.2 Å². The Labute approximate surface area is 130 Å². The number of fused-ring (bicyclic) bond motifs is 1. The number of imidazole rings is 1. The van der Waals surface area contributed by atoms with Gasteiger partial charge in [-0.3, -0.25) is 9.20 Å². The second-order valence-corrected chi connectivity index (χ2v) is 5.72. The fourth-order valence-corrected chi connectivity index (χ4v) is 3.06. The van der Waals surface area contributed by atoms with Gasteiger partial charge >= 0.3 is 5.97 Å². The predicted molar refractivity (Wildman–Crippen MR) is 84.4 cm³/mol. The van der Waals surface area contributed by atoms with Crippen molar-refractivity contribution in [1.82, 2.24) is 9.38 Å². The summed E-state index contributed by atoms with van der Waals surface area (Å²) >= 11 is 1.49. The van der Waals surface area contributed by atoms with Gasteiger partial charge in [0, 0.05) is 23.6 Å². The Bertz CT molecular complexity index is 824. The van der Waals surface area contributed by atoms with E-state index in [4.69, 9.17) is 15.6 Å². The molecule has 0 radical (unpaired) electrons. The summed E-state index contributed by atoms with van der Waals surface area (Å²) in [6, 6.07) is 6.56. The number of nitrogens with two attached hydrogens (primary N) is 1. The quantitative estimate of drug-likeness (QED) is 0.751. The van der Waals surface area contributed by atoms with E-state index in [0.717, 1.165) is 27.7 Å². The fourth-order valence-electron chi connectivity index (χ4n) is 2.32. The van der Waals surface area contributed by atoms with Gasteiger partial charge in [-0.05, 0) is 12.1 Å². The minimum absolute atomic E-state index is 0.208. The maximum atomic E-state index is 11.1. The summed E-state index contributed by atoms with van der Waals surface area (Å²) in [6.07, 6.45) is 2.08. The molecule has 2 heterocycles. The third-order valence-corrected chi connectivity index (χ3v) is 4.19. The van der Waals surface area contributed by atoms with E-state index in [1.54, 1.807) is 7.11 Å². The zero-order valence-corrected chi connectivity index (χ0v) is 12.7. The number of rotatable bonds is 5. The molecule has 7 heteroatoms. The van der Waals surface area contributed by atoms with Crippen molar-refractivity contribution < 1.29 is 14.6 Å². The summed E-state index contributed by atoms with van der Waals surface area (Å²) in [7, 11) is 1.60. The molecule has 1 atom stereocenters. The lowest BCUT2D eigenvalue weighted by molar-refractivity contribution is -0.138. The van der Waals surface area contributed by atoms with Crippen molar-refractivity contribution in [1.29, 1.82) is 0 Å². The Morgan fingerprint density at radius 1 is 1.55 bits per heavy atom. The van der Waals surface area contributed by atoms with Crippen LogP contribution < -0.4 is 10.5 Å². The molecule has 0 spiro atoms. The molecular formula is C15H15N3O3S. The Balaban J connectivity index is 2.11. The van der Waals surface area contributed by atoms with Gasteiger partial charge in [0.25, 0.3) is 0 Å². The van der Waals surface area contributed by atoms with Crippen LogP contribution in [0.4, 0.5) is 0 Å². The van der Waals surface area contributed by atoms with Gasteiger partial charge in [-0.1, -0.05) is 12.1 Å². The first-order chi connectivity index (χ1) is 10.6. The predicted octanol–water partition coefficient (Wildman–Crippen LogP) is 2.03. The number of thiazole rings is 1. The number of hydrogen-bond acceptors (Lipinski definition) is 5. The normalized spacial score (nSPS) is 12.5. The standard InChI is InChI=1S/C15H15N3O3S/c1-21-10-4-2-3-9(7-10)13-12(8-11(16)14(19)20)18-5-6-22-15(18)17-13/h2-7,11H,8,16H2,1H3,(H,19,20). The highest BCUT2D eigenvalue weighted by Gasteiger charge is 2.21. The molecule has 114 valence electrons. The van der Waals surface area contributed by atoms with E-state index in [2.05, 4.69) is 4.98 Å². The SMILES string of the molecule is COc1cccc(-c2nc3sccn3c2CC(N)C(=O)O)c1. The second-order valence-electron chi connectivity index (χ2n) is 4.84. The van der Waals surface area contributed by atoms with Crippen LogP contribution in [0.2, 0.25) is 0 Å². The van der Waals surface area contributed by atoms with Crippen molar-refractivity contribution in [3.05, 3.63) is 41.5 Å². The minimum Gasteiger partial charge on any atom is -0.497 e. The van der Waals surface area contributed by atoms with E-state index in [-0.39, 0.29) is 6.42 Å². The average molecular weight is 317 g/mol. The van der Waals surface area contributed by atoms with Crippen molar-refractivity contribution >= 4 is 22.3 Å². The fraction of sp³-hybridized carbons (Fsp3) is 0.200. The monoisotopic (exact) mass is 317 g/mol. The summed E-state index contributed by atoms with van der Waals surface area (Å²) < 4.78 is 7.13. The van der Waals surface area contributed by atoms with Crippen molar-refractivity contribution in [2.45, 2.75) is 12.5 Å². The number of carboxylic acid groups (broad SMARTS) is 1. The Morgan fingerprint density at radius 3 is 3.09 bits per heavy atom. The van der Waals surface area contributed by atoms with Gasteiger partial charge in [-0.2, -0.15) is 0 Å².